The van der Waals surface area contributed by atoms with Gasteiger partial charge in [-0.3, -0.25) is 0 Å². The van der Waals surface area contributed by atoms with Crippen molar-refractivity contribution in [2.45, 2.75) is 172 Å². The van der Waals surface area contributed by atoms with Crippen LogP contribution in [-0.4, -0.2) is 68.3 Å². The minimum Gasteiger partial charge on any atom is -0.550 e. The zero-order valence-electron chi connectivity index (χ0n) is 59.8. The van der Waals surface area contributed by atoms with Crippen LogP contribution in [0.15, 0.2) is 121 Å². The standard InChI is InChI=1S/C76H100N4P2.2C2H4O2.Ru/c1-45(2)61-37-55(38-62(46(3)4)73(61)77(17)18)81(56-39-63(47(5)6)74(78(19)20)64(40-56)48(7)8)69-35-33-53-29-25-27-31-59(53)71(69)72-60-32-28-26-30-54(60)34-36-70(72)82(57-41-65(49(9)10)75(79(21)22)66(42-57)50(11)12)58-43-67(51(13)14)76(80(23)24)68(44-58)52(15)16;2*1-2(3)4;/h25-52H,1-24H3;2*1H3,(H,3,4);/q;;;+2/p-2. The molecule has 0 aromatic heterocycles. The minimum atomic E-state index is -1.21. The summed E-state index contributed by atoms with van der Waals surface area (Å²) in [4.78, 5) is 27.3. The average molecular weight is 1350 g/mol. The summed E-state index contributed by atoms with van der Waals surface area (Å²) in [6, 6.07) is 49.8. The van der Waals surface area contributed by atoms with Crippen LogP contribution in [0.25, 0.3) is 32.7 Å². The van der Waals surface area contributed by atoms with Gasteiger partial charge in [-0.25, -0.2) is 0 Å². The maximum Gasteiger partial charge on any atom is 2.00 e. The summed E-state index contributed by atoms with van der Waals surface area (Å²) in [6.07, 6.45) is 0. The first-order valence-corrected chi connectivity index (χ1v) is 35.2. The van der Waals surface area contributed by atoms with Crippen LogP contribution in [-0.2, 0) is 29.1 Å². The number of rotatable bonds is 19. The molecule has 0 radical (unpaired) electrons. The number of carbonyl (C=O) groups is 2. The van der Waals surface area contributed by atoms with Crippen molar-refractivity contribution in [2.24, 2.45) is 0 Å². The number of hydrogen-bond acceptors (Lipinski definition) is 8. The van der Waals surface area contributed by atoms with Crippen LogP contribution in [0.2, 0.25) is 0 Å². The summed E-state index contributed by atoms with van der Waals surface area (Å²) in [5, 5.41) is 31.4. The van der Waals surface area contributed by atoms with Crippen molar-refractivity contribution in [3.63, 3.8) is 0 Å². The second-order valence-corrected chi connectivity index (χ2v) is 32.1. The topological polar surface area (TPSA) is 93.2 Å². The van der Waals surface area contributed by atoms with Crippen LogP contribution in [0.1, 0.15) is 216 Å². The predicted molar refractivity (Wildman–Crippen MR) is 396 cm³/mol. The zero-order valence-corrected chi connectivity index (χ0v) is 63.4. The molecule has 11 heteroatoms. The van der Waals surface area contributed by atoms with Gasteiger partial charge in [0.1, 0.15) is 0 Å². The van der Waals surface area contributed by atoms with E-state index in [2.05, 4.69) is 308 Å². The van der Waals surface area contributed by atoms with E-state index in [0.717, 1.165) is 13.8 Å². The van der Waals surface area contributed by atoms with E-state index in [0.29, 0.717) is 47.3 Å². The minimum absolute atomic E-state index is 0. The van der Waals surface area contributed by atoms with Gasteiger partial charge in [-0.2, -0.15) is 0 Å². The van der Waals surface area contributed by atoms with Gasteiger partial charge in [-0.15, -0.1) is 0 Å². The Bertz CT molecular complexity index is 3310. The van der Waals surface area contributed by atoms with Gasteiger partial charge in [0.05, 0.1) is 0 Å². The van der Waals surface area contributed by atoms with Gasteiger partial charge in [0.25, 0.3) is 0 Å². The van der Waals surface area contributed by atoms with E-state index in [1.807, 2.05) is 0 Å². The number of carbonyl (C=O) groups excluding carboxylic acids is 2. The van der Waals surface area contributed by atoms with Crippen LogP contribution in [0.4, 0.5) is 22.7 Å². The van der Waals surface area contributed by atoms with Crippen molar-refractivity contribution in [3.05, 3.63) is 166 Å². The largest absolute Gasteiger partial charge is 2.00 e. The third-order valence-corrected chi connectivity index (χ3v) is 21.8. The van der Waals surface area contributed by atoms with E-state index < -0.39 is 27.8 Å². The first-order valence-electron chi connectivity index (χ1n) is 32.5. The van der Waals surface area contributed by atoms with Crippen LogP contribution >= 0.6 is 15.8 Å². The van der Waals surface area contributed by atoms with E-state index >= 15 is 0 Å². The number of nitrogens with zero attached hydrogens (tertiary/aromatic N) is 4. The van der Waals surface area contributed by atoms with Gasteiger partial charge in [-0.05, 0) is 235 Å². The van der Waals surface area contributed by atoms with E-state index in [4.69, 9.17) is 19.8 Å². The third-order valence-electron chi connectivity index (χ3n) is 17.0. The normalized spacial score (nSPS) is 11.6. The fourth-order valence-electron chi connectivity index (χ4n) is 13.0. The molecule has 0 spiro atoms. The SMILES string of the molecule is CC(=O)[O-].CC(=O)[O-].CC(C)c1cc(P(c2cc(C(C)C)c(N(C)C)c(C(C)C)c2)c2ccc3ccccc3c2-c2c(P(c3cc(C(C)C)c(N(C)C)c(C(C)C)c3)c3cc(C(C)C)c(N(C)C)c(C(C)C)c3)ccc3ccccc23)cc(C(C)C)c1N(C)C.[Ru+2]. The van der Waals surface area contributed by atoms with E-state index in [1.54, 1.807) is 0 Å². The van der Waals surface area contributed by atoms with Crippen molar-refractivity contribution in [1.29, 1.82) is 0 Å². The molecular formula is C80H106N4O4P2Ru. The molecule has 0 aliphatic rings. The molecule has 0 atom stereocenters. The maximum absolute atomic E-state index is 8.89. The van der Waals surface area contributed by atoms with Crippen LogP contribution in [0.3, 0.4) is 0 Å². The average Bonchev–Trinajstić information content (AvgIpc) is 0.786. The quantitative estimate of drug-likeness (QED) is 0.0584. The Labute approximate surface area is 564 Å². The van der Waals surface area contributed by atoms with Gasteiger partial charge in [-0.1, -0.05) is 184 Å². The molecule has 0 unspecified atom stereocenters. The van der Waals surface area contributed by atoms with Crippen LogP contribution in [0.5, 0.6) is 0 Å². The Morgan fingerprint density at radius 1 is 0.319 bits per heavy atom. The Morgan fingerprint density at radius 2 is 0.495 bits per heavy atom. The van der Waals surface area contributed by atoms with E-state index in [9.17, 15) is 0 Å². The van der Waals surface area contributed by atoms with Crippen LogP contribution < -0.4 is 61.6 Å². The molecule has 0 amide bonds. The first-order chi connectivity index (χ1) is 42.1. The molecule has 488 valence electrons. The van der Waals surface area contributed by atoms with E-state index in [1.165, 1.54) is 132 Å². The Morgan fingerprint density at radius 3 is 0.659 bits per heavy atom. The summed E-state index contributed by atoms with van der Waals surface area (Å²) < 4.78 is 0. The number of carboxylic acids is 2. The molecule has 8 rings (SSSR count). The Balaban J connectivity index is 0.00000158. The number of hydrogen-bond donors (Lipinski definition) is 0. The van der Waals surface area contributed by atoms with Gasteiger partial charge >= 0.3 is 19.5 Å². The number of aliphatic carboxylic acids is 2. The number of fused-ring (bicyclic) bond motifs is 2. The summed E-state index contributed by atoms with van der Waals surface area (Å²) in [7, 11) is 15.5. The van der Waals surface area contributed by atoms with Gasteiger partial charge in [0.2, 0.25) is 0 Å². The van der Waals surface area contributed by atoms with Crippen molar-refractivity contribution >= 4 is 104 Å². The van der Waals surface area contributed by atoms with E-state index in [-0.39, 0.29) is 19.5 Å². The molecule has 0 saturated heterocycles. The zero-order chi connectivity index (χ0) is 67.2. The number of carboxylic acid groups (broad SMARTS) is 2. The summed E-state index contributed by atoms with van der Waals surface area (Å²) in [5.74, 6) is 0.391. The molecule has 0 aliphatic carbocycles. The summed E-state index contributed by atoms with van der Waals surface area (Å²) in [6.45, 7) is 40.2. The second kappa shape index (κ2) is 32.2. The second-order valence-electron chi connectivity index (χ2n) is 27.7. The Hall–Kier alpha value is -6.10. The number of benzene rings is 8. The third kappa shape index (κ3) is 17.0. The molecule has 0 aliphatic heterocycles. The molecule has 0 bridgehead atoms. The van der Waals surface area contributed by atoms with Gasteiger partial charge in [0, 0.05) is 91.1 Å². The molecule has 91 heavy (non-hydrogen) atoms. The van der Waals surface area contributed by atoms with Crippen molar-refractivity contribution < 1.29 is 39.3 Å². The van der Waals surface area contributed by atoms with Crippen molar-refractivity contribution in [2.75, 3.05) is 76.0 Å². The molecule has 0 fully saturated rings. The van der Waals surface area contributed by atoms with Crippen LogP contribution in [0, 0.1) is 0 Å². The molecule has 0 saturated carbocycles. The van der Waals surface area contributed by atoms with Gasteiger partial charge in [0.15, 0.2) is 0 Å². The fraction of sp³-hybridized carbons (Fsp3) is 0.425. The van der Waals surface area contributed by atoms with Crippen molar-refractivity contribution in [1.82, 2.24) is 0 Å². The van der Waals surface area contributed by atoms with Crippen molar-refractivity contribution in [3.8, 4) is 11.1 Å². The monoisotopic (exact) mass is 1350 g/mol. The fourth-order valence-corrected chi connectivity index (χ4v) is 18.2. The molecule has 8 aromatic carbocycles. The summed E-state index contributed by atoms with van der Waals surface area (Å²) in [5.41, 5.74) is 19.5. The molecule has 0 heterocycles. The molecule has 8 nitrogen and oxygen atoms in total. The Kier molecular flexibility index (Phi) is 26.7. The summed E-state index contributed by atoms with van der Waals surface area (Å²) >= 11 is 0. The van der Waals surface area contributed by atoms with Gasteiger partial charge < -0.3 is 39.4 Å². The first kappa shape index (κ1) is 75.6. The molecular weight excluding hydrogens is 1240 g/mol. The number of anilines is 4. The maximum atomic E-state index is 8.89. The molecule has 8 aromatic rings. The predicted octanol–water partition coefficient (Wildman–Crippen LogP) is 15.9. The molecule has 0 N–H and O–H groups in total. The smallest absolute Gasteiger partial charge is 0.550 e.